The molecule has 3 atom stereocenters. The molecular formula is C20H34BClN2O4. The zero-order valence-electron chi connectivity index (χ0n) is 17.7. The van der Waals surface area contributed by atoms with Crippen LogP contribution >= 0.6 is 12.4 Å². The maximum absolute atomic E-state index is 12.2. The number of carbonyl (C=O) groups excluding carboxylic acids is 1. The van der Waals surface area contributed by atoms with Crippen molar-refractivity contribution in [1.29, 1.82) is 0 Å². The molecule has 28 heavy (non-hydrogen) atoms. The van der Waals surface area contributed by atoms with Gasteiger partial charge in [0, 0.05) is 26.0 Å². The molecule has 1 fully saturated rings. The predicted molar refractivity (Wildman–Crippen MR) is 114 cm³/mol. The fourth-order valence-corrected chi connectivity index (χ4v) is 3.12. The second-order valence-electron chi connectivity index (χ2n) is 8.11. The van der Waals surface area contributed by atoms with E-state index in [9.17, 15) is 4.79 Å². The largest absolute Gasteiger partial charge is 0.483 e. The Bertz CT molecular complexity index is 614. The summed E-state index contributed by atoms with van der Waals surface area (Å²) < 4.78 is 18.0. The van der Waals surface area contributed by atoms with E-state index >= 15 is 0 Å². The minimum absolute atomic E-state index is 0. The van der Waals surface area contributed by atoms with E-state index in [0.717, 1.165) is 5.56 Å². The summed E-state index contributed by atoms with van der Waals surface area (Å²) >= 11 is 0. The molecule has 0 saturated carbocycles. The minimum atomic E-state index is -0.645. The summed E-state index contributed by atoms with van der Waals surface area (Å²) in [5, 5.41) is 2.99. The first-order chi connectivity index (χ1) is 12.6. The molecule has 3 N–H and O–H groups in total. The highest BCUT2D eigenvalue weighted by Crippen LogP contribution is 2.38. The van der Waals surface area contributed by atoms with Gasteiger partial charge in [0.15, 0.2) is 0 Å². The van der Waals surface area contributed by atoms with E-state index in [1.807, 2.05) is 58.0 Å². The summed E-state index contributed by atoms with van der Waals surface area (Å²) in [4.78, 5) is 12.2. The van der Waals surface area contributed by atoms with Crippen LogP contribution in [0, 0.1) is 0 Å². The molecule has 8 heteroatoms. The number of rotatable bonds is 8. The third-order valence-corrected chi connectivity index (χ3v) is 5.64. The Morgan fingerprint density at radius 2 is 1.71 bits per heavy atom. The van der Waals surface area contributed by atoms with Crippen LogP contribution in [0.3, 0.4) is 0 Å². The Balaban J connectivity index is 0.00000392. The van der Waals surface area contributed by atoms with Gasteiger partial charge in [0.25, 0.3) is 0 Å². The molecule has 0 aliphatic carbocycles. The number of methoxy groups -OCH3 is 1. The van der Waals surface area contributed by atoms with Crippen LogP contribution in [0.4, 0.5) is 0 Å². The monoisotopic (exact) mass is 412 g/mol. The first-order valence-corrected chi connectivity index (χ1v) is 9.58. The van der Waals surface area contributed by atoms with Crippen molar-refractivity contribution in [2.24, 2.45) is 5.73 Å². The minimum Gasteiger partial charge on any atom is -0.402 e. The van der Waals surface area contributed by atoms with E-state index in [1.54, 1.807) is 14.0 Å². The molecule has 1 amide bonds. The maximum atomic E-state index is 12.2. The number of ether oxygens (including phenoxy) is 1. The molecule has 1 heterocycles. The van der Waals surface area contributed by atoms with E-state index in [-0.39, 0.29) is 24.4 Å². The number of nitrogens with one attached hydrogen (secondary N) is 1. The number of benzene rings is 1. The van der Waals surface area contributed by atoms with Gasteiger partial charge >= 0.3 is 7.12 Å². The normalized spacial score (nSPS) is 20.8. The number of nitrogens with two attached hydrogens (primary N) is 1. The van der Waals surface area contributed by atoms with E-state index < -0.39 is 30.3 Å². The summed E-state index contributed by atoms with van der Waals surface area (Å²) in [6, 6.07) is 9.51. The van der Waals surface area contributed by atoms with Crippen LogP contribution in [0.1, 0.15) is 46.6 Å². The van der Waals surface area contributed by atoms with E-state index in [0.29, 0.717) is 12.8 Å². The lowest BCUT2D eigenvalue weighted by Gasteiger charge is -2.32. The van der Waals surface area contributed by atoms with Gasteiger partial charge in [-0.1, -0.05) is 37.3 Å². The molecule has 0 radical (unpaired) electrons. The summed E-state index contributed by atoms with van der Waals surface area (Å²) in [6.07, 6.45) is 0.698. The van der Waals surface area contributed by atoms with Crippen molar-refractivity contribution in [3.05, 3.63) is 35.9 Å². The summed E-state index contributed by atoms with van der Waals surface area (Å²) in [5.41, 5.74) is 6.69. The lowest BCUT2D eigenvalue weighted by atomic mass is 9.71. The van der Waals surface area contributed by atoms with Crippen LogP contribution in [0.25, 0.3) is 0 Å². The van der Waals surface area contributed by atoms with Gasteiger partial charge in [-0.3, -0.25) is 4.79 Å². The topological polar surface area (TPSA) is 82.8 Å². The molecule has 1 saturated heterocycles. The van der Waals surface area contributed by atoms with Crippen LogP contribution in [0.15, 0.2) is 30.3 Å². The average Bonchev–Trinajstić information content (AvgIpc) is 2.84. The van der Waals surface area contributed by atoms with Crippen molar-refractivity contribution in [1.82, 2.24) is 5.32 Å². The molecule has 1 aliphatic rings. The lowest BCUT2D eigenvalue weighted by molar-refractivity contribution is -0.121. The van der Waals surface area contributed by atoms with Crippen LogP contribution < -0.4 is 11.1 Å². The Morgan fingerprint density at radius 3 is 2.18 bits per heavy atom. The zero-order valence-corrected chi connectivity index (χ0v) is 18.5. The highest BCUT2D eigenvalue weighted by atomic mass is 35.5. The molecule has 1 aromatic carbocycles. The van der Waals surface area contributed by atoms with Crippen molar-refractivity contribution in [3.63, 3.8) is 0 Å². The Morgan fingerprint density at radius 1 is 1.18 bits per heavy atom. The second-order valence-corrected chi connectivity index (χ2v) is 8.11. The molecule has 6 nitrogen and oxygen atoms in total. The molecule has 158 valence electrons. The SMILES string of the molecule is CCC(=O)N[C@H](B1OC(C)(C)C(C)(C)O1)[C@@H](N)[C@@H](Cc1ccccc1)OC.Cl. The van der Waals surface area contributed by atoms with Crippen LogP contribution in [0.2, 0.25) is 0 Å². The number of hydrogen-bond acceptors (Lipinski definition) is 5. The van der Waals surface area contributed by atoms with Crippen molar-refractivity contribution in [2.75, 3.05) is 7.11 Å². The van der Waals surface area contributed by atoms with Gasteiger partial charge in [-0.05, 0) is 33.3 Å². The quantitative estimate of drug-likeness (QED) is 0.641. The molecule has 0 aromatic heterocycles. The third-order valence-electron chi connectivity index (χ3n) is 5.64. The Labute approximate surface area is 175 Å². The first kappa shape index (κ1) is 24.9. The third kappa shape index (κ3) is 5.70. The smallest absolute Gasteiger partial charge is 0.402 e. The standard InChI is InChI=1S/C20H33BN2O4.ClH/c1-7-16(24)23-18(21-26-19(2,3)20(4,5)27-21)17(22)15(25-6)13-14-11-9-8-10-12-14;/h8-12,15,17-18H,7,13,22H2,1-6H3,(H,23,24);1H/t15-,17+,18+;/m1./s1. The summed E-state index contributed by atoms with van der Waals surface area (Å²) in [7, 11) is 0.991. The van der Waals surface area contributed by atoms with Crippen molar-refractivity contribution >= 4 is 25.4 Å². The highest BCUT2D eigenvalue weighted by Gasteiger charge is 2.55. The lowest BCUT2D eigenvalue weighted by Crippen LogP contribution is -2.62. The molecule has 1 aromatic rings. The summed E-state index contributed by atoms with van der Waals surface area (Å²) in [5.74, 6) is -0.619. The van der Waals surface area contributed by atoms with Crippen LogP contribution in [0.5, 0.6) is 0 Å². The van der Waals surface area contributed by atoms with E-state index in [2.05, 4.69) is 5.32 Å². The number of halogens is 1. The van der Waals surface area contributed by atoms with Gasteiger partial charge in [-0.2, -0.15) is 0 Å². The van der Waals surface area contributed by atoms with Crippen molar-refractivity contribution < 1.29 is 18.8 Å². The van der Waals surface area contributed by atoms with Gasteiger partial charge < -0.3 is 25.1 Å². The average molecular weight is 413 g/mol. The van der Waals surface area contributed by atoms with Crippen LogP contribution in [-0.4, -0.2) is 49.4 Å². The van der Waals surface area contributed by atoms with Crippen molar-refractivity contribution in [2.45, 2.75) is 76.7 Å². The molecule has 1 aliphatic heterocycles. The van der Waals surface area contributed by atoms with E-state index in [4.69, 9.17) is 19.8 Å². The van der Waals surface area contributed by atoms with E-state index in [1.165, 1.54) is 0 Å². The molecule has 0 spiro atoms. The first-order valence-electron chi connectivity index (χ1n) is 9.58. The zero-order chi connectivity index (χ0) is 20.2. The summed E-state index contributed by atoms with van der Waals surface area (Å²) in [6.45, 7) is 9.73. The van der Waals surface area contributed by atoms with Gasteiger partial charge in [-0.15, -0.1) is 12.4 Å². The fraction of sp³-hybridized carbons (Fsp3) is 0.650. The van der Waals surface area contributed by atoms with Gasteiger partial charge in [-0.25, -0.2) is 0 Å². The van der Waals surface area contributed by atoms with Crippen molar-refractivity contribution in [3.8, 4) is 0 Å². The maximum Gasteiger partial charge on any atom is 0.483 e. The highest BCUT2D eigenvalue weighted by molar-refractivity contribution is 6.48. The van der Waals surface area contributed by atoms with Gasteiger partial charge in [0.1, 0.15) is 0 Å². The van der Waals surface area contributed by atoms with Crippen LogP contribution in [-0.2, 0) is 25.3 Å². The second kappa shape index (κ2) is 10.1. The fourth-order valence-electron chi connectivity index (χ4n) is 3.12. The predicted octanol–water partition coefficient (Wildman–Crippen LogP) is 2.52. The molecule has 0 bridgehead atoms. The number of hydrogen-bond donors (Lipinski definition) is 2. The number of amides is 1. The molecule has 0 unspecified atom stereocenters. The molecular weight excluding hydrogens is 378 g/mol. The van der Waals surface area contributed by atoms with Gasteiger partial charge in [0.05, 0.1) is 23.2 Å². The Kier molecular flexibility index (Phi) is 8.97. The van der Waals surface area contributed by atoms with Gasteiger partial charge in [0.2, 0.25) is 5.91 Å². The number of carbonyl (C=O) groups is 1. The Hall–Kier alpha value is -1.12. The molecule has 2 rings (SSSR count).